The third kappa shape index (κ3) is 4.49. The highest BCUT2D eigenvalue weighted by molar-refractivity contribution is 4.84. The normalized spacial score (nSPS) is 29.4. The molecule has 90 valence electrons. The minimum atomic E-state index is 0.194. The Bertz CT molecular complexity index is 189. The van der Waals surface area contributed by atoms with Gasteiger partial charge in [0.25, 0.3) is 0 Å². The number of aliphatic hydroxyl groups excluding tert-OH is 1. The first-order chi connectivity index (χ1) is 6.92. The van der Waals surface area contributed by atoms with Crippen LogP contribution in [0.2, 0.25) is 0 Å². The van der Waals surface area contributed by atoms with Crippen LogP contribution in [0, 0.1) is 5.41 Å². The van der Waals surface area contributed by atoms with Crippen LogP contribution in [0.5, 0.6) is 0 Å². The lowest BCUT2D eigenvalue weighted by molar-refractivity contribution is 0.103. The molecule has 1 saturated heterocycles. The van der Waals surface area contributed by atoms with Crippen molar-refractivity contribution in [1.82, 2.24) is 5.32 Å². The molecule has 2 N–H and O–H groups in total. The van der Waals surface area contributed by atoms with Crippen molar-refractivity contribution in [3.8, 4) is 0 Å². The van der Waals surface area contributed by atoms with Crippen LogP contribution in [0.25, 0.3) is 0 Å². The third-order valence-corrected chi connectivity index (χ3v) is 2.91. The van der Waals surface area contributed by atoms with Crippen LogP contribution in [-0.2, 0) is 4.74 Å². The lowest BCUT2D eigenvalue weighted by Crippen LogP contribution is -2.45. The lowest BCUT2D eigenvalue weighted by atomic mass is 9.88. The van der Waals surface area contributed by atoms with Crippen LogP contribution in [0.15, 0.2) is 0 Å². The third-order valence-electron chi connectivity index (χ3n) is 2.91. The SMILES string of the molecule is CC1OCCC1NC(CO)CC(C)(C)C. The smallest absolute Gasteiger partial charge is 0.0700 e. The van der Waals surface area contributed by atoms with Gasteiger partial charge < -0.3 is 15.2 Å². The minimum absolute atomic E-state index is 0.194. The molecule has 0 aliphatic carbocycles. The predicted octanol–water partition coefficient (Wildman–Crippen LogP) is 1.55. The maximum absolute atomic E-state index is 9.33. The zero-order valence-electron chi connectivity index (χ0n) is 10.4. The summed E-state index contributed by atoms with van der Waals surface area (Å²) in [6, 6.07) is 0.601. The molecule has 1 aliphatic rings. The number of hydrogen-bond donors (Lipinski definition) is 2. The molecule has 0 bridgehead atoms. The summed E-state index contributed by atoms with van der Waals surface area (Å²) in [4.78, 5) is 0. The van der Waals surface area contributed by atoms with Crippen LogP contribution in [0.4, 0.5) is 0 Å². The van der Waals surface area contributed by atoms with Crippen molar-refractivity contribution >= 4 is 0 Å². The van der Waals surface area contributed by atoms with Gasteiger partial charge in [0.05, 0.1) is 12.7 Å². The van der Waals surface area contributed by atoms with Crippen molar-refractivity contribution in [2.24, 2.45) is 5.41 Å². The molecular weight excluding hydrogens is 190 g/mol. The molecular formula is C12H25NO2. The van der Waals surface area contributed by atoms with Gasteiger partial charge in [-0.2, -0.15) is 0 Å². The van der Waals surface area contributed by atoms with E-state index in [4.69, 9.17) is 4.74 Å². The quantitative estimate of drug-likeness (QED) is 0.747. The molecule has 0 radical (unpaired) electrons. The Morgan fingerprint density at radius 3 is 2.53 bits per heavy atom. The van der Waals surface area contributed by atoms with Gasteiger partial charge in [0, 0.05) is 18.7 Å². The summed E-state index contributed by atoms with van der Waals surface area (Å²) < 4.78 is 5.50. The summed E-state index contributed by atoms with van der Waals surface area (Å²) in [6.45, 7) is 9.74. The first kappa shape index (κ1) is 12.9. The van der Waals surface area contributed by atoms with Gasteiger partial charge in [0.1, 0.15) is 0 Å². The summed E-state index contributed by atoms with van der Waals surface area (Å²) in [5.41, 5.74) is 0.253. The summed E-state index contributed by atoms with van der Waals surface area (Å²) in [5.74, 6) is 0. The summed E-state index contributed by atoms with van der Waals surface area (Å²) in [7, 11) is 0. The monoisotopic (exact) mass is 215 g/mol. The van der Waals surface area contributed by atoms with Crippen LogP contribution in [-0.4, -0.2) is 36.5 Å². The topological polar surface area (TPSA) is 41.5 Å². The number of rotatable bonds is 4. The molecule has 0 aromatic heterocycles. The maximum Gasteiger partial charge on any atom is 0.0700 e. The molecule has 3 heteroatoms. The standard InChI is InChI=1S/C12H25NO2/c1-9-11(5-6-15-9)13-10(8-14)7-12(2,3)4/h9-11,13-14H,5-8H2,1-4H3. The lowest BCUT2D eigenvalue weighted by Gasteiger charge is -2.29. The van der Waals surface area contributed by atoms with E-state index in [9.17, 15) is 5.11 Å². The Morgan fingerprint density at radius 1 is 1.47 bits per heavy atom. The highest BCUT2D eigenvalue weighted by atomic mass is 16.5. The molecule has 1 heterocycles. The molecule has 3 atom stereocenters. The minimum Gasteiger partial charge on any atom is -0.395 e. The van der Waals surface area contributed by atoms with Crippen LogP contribution >= 0.6 is 0 Å². The van der Waals surface area contributed by atoms with E-state index in [-0.39, 0.29) is 24.2 Å². The van der Waals surface area contributed by atoms with Gasteiger partial charge in [-0.25, -0.2) is 0 Å². The first-order valence-electron chi connectivity index (χ1n) is 5.91. The highest BCUT2D eigenvalue weighted by Gasteiger charge is 2.27. The van der Waals surface area contributed by atoms with Crippen molar-refractivity contribution in [3.05, 3.63) is 0 Å². The van der Waals surface area contributed by atoms with Crippen molar-refractivity contribution < 1.29 is 9.84 Å². The molecule has 1 fully saturated rings. The van der Waals surface area contributed by atoms with Crippen molar-refractivity contribution in [2.45, 2.75) is 58.7 Å². The number of hydrogen-bond acceptors (Lipinski definition) is 3. The van der Waals surface area contributed by atoms with Crippen LogP contribution in [0.3, 0.4) is 0 Å². The molecule has 3 nitrogen and oxygen atoms in total. The van der Waals surface area contributed by atoms with E-state index in [1.807, 2.05) is 0 Å². The number of aliphatic hydroxyl groups is 1. The van der Waals surface area contributed by atoms with Gasteiger partial charge in [-0.3, -0.25) is 0 Å². The van der Waals surface area contributed by atoms with E-state index in [0.29, 0.717) is 6.04 Å². The van der Waals surface area contributed by atoms with Crippen molar-refractivity contribution in [1.29, 1.82) is 0 Å². The molecule has 3 unspecified atom stereocenters. The Kier molecular flexibility index (Phi) is 4.56. The summed E-state index contributed by atoms with van der Waals surface area (Å²) in [5, 5.41) is 12.8. The average molecular weight is 215 g/mol. The van der Waals surface area contributed by atoms with Gasteiger partial charge in [0.15, 0.2) is 0 Å². The van der Waals surface area contributed by atoms with E-state index in [1.165, 1.54) is 0 Å². The number of ether oxygens (including phenoxy) is 1. The zero-order valence-corrected chi connectivity index (χ0v) is 10.4. The Labute approximate surface area is 93.2 Å². The van der Waals surface area contributed by atoms with Crippen molar-refractivity contribution in [2.75, 3.05) is 13.2 Å². The van der Waals surface area contributed by atoms with E-state index in [2.05, 4.69) is 33.0 Å². The van der Waals surface area contributed by atoms with Crippen LogP contribution < -0.4 is 5.32 Å². The molecule has 0 spiro atoms. The van der Waals surface area contributed by atoms with E-state index in [1.54, 1.807) is 0 Å². The fraction of sp³-hybridized carbons (Fsp3) is 1.00. The molecule has 1 rings (SSSR count). The Hall–Kier alpha value is -0.120. The molecule has 0 aromatic rings. The average Bonchev–Trinajstić information content (AvgIpc) is 2.48. The maximum atomic E-state index is 9.33. The van der Waals surface area contributed by atoms with Gasteiger partial charge in [-0.1, -0.05) is 20.8 Å². The molecule has 0 aromatic carbocycles. The second-order valence-corrected chi connectivity index (χ2v) is 5.78. The first-order valence-corrected chi connectivity index (χ1v) is 5.91. The van der Waals surface area contributed by atoms with Crippen molar-refractivity contribution in [3.63, 3.8) is 0 Å². The second kappa shape index (κ2) is 5.28. The van der Waals surface area contributed by atoms with E-state index in [0.717, 1.165) is 19.4 Å². The van der Waals surface area contributed by atoms with Gasteiger partial charge in [0.2, 0.25) is 0 Å². The second-order valence-electron chi connectivity index (χ2n) is 5.78. The predicted molar refractivity (Wildman–Crippen MR) is 61.9 cm³/mol. The molecule has 0 amide bonds. The fourth-order valence-corrected chi connectivity index (χ4v) is 2.17. The van der Waals surface area contributed by atoms with E-state index < -0.39 is 0 Å². The van der Waals surface area contributed by atoms with Gasteiger partial charge in [-0.05, 0) is 25.2 Å². The fourth-order valence-electron chi connectivity index (χ4n) is 2.17. The number of nitrogens with one attached hydrogen (secondary N) is 1. The molecule has 15 heavy (non-hydrogen) atoms. The highest BCUT2D eigenvalue weighted by Crippen LogP contribution is 2.22. The molecule has 0 saturated carbocycles. The Balaban J connectivity index is 2.39. The van der Waals surface area contributed by atoms with Crippen LogP contribution in [0.1, 0.15) is 40.5 Å². The zero-order chi connectivity index (χ0) is 11.5. The largest absolute Gasteiger partial charge is 0.395 e. The van der Waals surface area contributed by atoms with E-state index >= 15 is 0 Å². The van der Waals surface area contributed by atoms with Gasteiger partial charge >= 0.3 is 0 Å². The van der Waals surface area contributed by atoms with Gasteiger partial charge in [-0.15, -0.1) is 0 Å². The summed E-state index contributed by atoms with van der Waals surface area (Å²) in [6.07, 6.45) is 2.33. The summed E-state index contributed by atoms with van der Waals surface area (Å²) >= 11 is 0. The molecule has 1 aliphatic heterocycles. The Morgan fingerprint density at radius 2 is 2.13 bits per heavy atom.